The van der Waals surface area contributed by atoms with Gasteiger partial charge in [-0.05, 0) is 36.3 Å². The molecule has 7 atom stereocenters. The van der Waals surface area contributed by atoms with E-state index in [-0.39, 0.29) is 54.9 Å². The molecular formula is C24H33F3O6Si. The van der Waals surface area contributed by atoms with Gasteiger partial charge in [0.2, 0.25) is 0 Å². The lowest BCUT2D eigenvalue weighted by Crippen LogP contribution is -2.45. The Balaban J connectivity index is 1.50. The molecular weight excluding hydrogens is 469 g/mol. The Bertz CT molecular complexity index is 868. The predicted octanol–water partition coefficient (Wildman–Crippen LogP) is 4.55. The molecule has 3 aliphatic rings. The molecule has 1 saturated carbocycles. The van der Waals surface area contributed by atoms with E-state index in [0.29, 0.717) is 6.42 Å². The Labute approximate surface area is 198 Å². The number of carbonyl (C=O) groups excluding carboxylic acids is 1. The van der Waals surface area contributed by atoms with Crippen LogP contribution in [-0.2, 0) is 24.9 Å². The van der Waals surface area contributed by atoms with Crippen LogP contribution in [0.1, 0.15) is 39.2 Å². The number of fused-ring (bicyclic) bond motifs is 1. The summed E-state index contributed by atoms with van der Waals surface area (Å²) in [6.45, 7) is 6.34. The molecule has 2 heterocycles. The Morgan fingerprint density at radius 3 is 2.56 bits per heavy atom. The van der Waals surface area contributed by atoms with Gasteiger partial charge in [0.05, 0.1) is 24.2 Å². The van der Waals surface area contributed by atoms with Crippen LogP contribution < -0.4 is 4.74 Å². The molecule has 6 nitrogen and oxygen atoms in total. The number of carbonyl (C=O) groups is 1. The maximum Gasteiger partial charge on any atom is 0.416 e. The summed E-state index contributed by atoms with van der Waals surface area (Å²) < 4.78 is 63.2. The topological polar surface area (TPSA) is 77.5 Å². The number of halogens is 3. The number of aliphatic hydroxyl groups is 1. The molecule has 0 spiro atoms. The first-order chi connectivity index (χ1) is 16.1. The fourth-order valence-electron chi connectivity index (χ4n) is 5.58. The molecule has 34 heavy (non-hydrogen) atoms. The molecule has 1 aromatic carbocycles. The maximum atomic E-state index is 13.1. The first-order valence-electron chi connectivity index (χ1n) is 12.1. The fourth-order valence-corrected chi connectivity index (χ4v) is 8.43. The first kappa shape index (κ1) is 25.5. The molecule has 2 aliphatic heterocycles. The van der Waals surface area contributed by atoms with Crippen LogP contribution in [0.2, 0.25) is 18.1 Å². The molecule has 190 valence electrons. The van der Waals surface area contributed by atoms with Gasteiger partial charge in [0.25, 0.3) is 0 Å². The molecule has 0 amide bonds. The van der Waals surface area contributed by atoms with Crippen LogP contribution in [-0.4, -0.2) is 56.5 Å². The summed E-state index contributed by atoms with van der Waals surface area (Å²) in [5.41, 5.74) is -0.770. The van der Waals surface area contributed by atoms with Gasteiger partial charge in [0.1, 0.15) is 30.7 Å². The second-order valence-corrected chi connectivity index (χ2v) is 14.3. The van der Waals surface area contributed by atoms with Crippen LogP contribution >= 0.6 is 0 Å². The van der Waals surface area contributed by atoms with E-state index < -0.39 is 32.3 Å². The Hall–Kier alpha value is -1.62. The summed E-state index contributed by atoms with van der Waals surface area (Å²) in [6, 6.07) is 7.50. The van der Waals surface area contributed by atoms with Crippen molar-refractivity contribution >= 4 is 14.3 Å². The van der Waals surface area contributed by atoms with Gasteiger partial charge < -0.3 is 23.7 Å². The third-order valence-corrected chi connectivity index (χ3v) is 12.5. The minimum Gasteiger partial charge on any atom is -0.491 e. The van der Waals surface area contributed by atoms with Crippen LogP contribution in [0.3, 0.4) is 0 Å². The molecule has 10 heteroatoms. The fraction of sp³-hybridized carbons (Fsp3) is 0.708. The maximum absolute atomic E-state index is 13.1. The zero-order valence-corrected chi connectivity index (χ0v) is 20.7. The minimum absolute atomic E-state index is 0.0452. The molecule has 3 fully saturated rings. The Morgan fingerprint density at radius 2 is 1.91 bits per heavy atom. The standard InChI is InChI=1S/C24H33F3O6Si/c1-4-34(5-2,6-3)33-19(13-30-15-9-7-8-14(10-15)24(25,26)27)22-23(32-22)21-16-11-20(29)31-18(16)12-17(21)28/h7-10,16-19,21-23,28H,4-6,11-13H2,1-3H3/t16-,17+,18-,19-,21+,22?,23+/m0/s1. The van der Waals surface area contributed by atoms with Crippen LogP contribution in [0.15, 0.2) is 24.3 Å². The van der Waals surface area contributed by atoms with Crippen molar-refractivity contribution in [2.75, 3.05) is 6.61 Å². The zero-order chi connectivity index (χ0) is 24.7. The number of esters is 1. The second kappa shape index (κ2) is 9.79. The van der Waals surface area contributed by atoms with Gasteiger partial charge >= 0.3 is 12.1 Å². The SMILES string of the molecule is CC[Si](CC)(CC)O[C@@H](COc1cccc(C(F)(F)F)c1)C1O[C@@H]1[C@@H]1[C@H]2CC(=O)O[C@H]2C[C@H]1O. The average molecular weight is 503 g/mol. The van der Waals surface area contributed by atoms with Crippen molar-refractivity contribution in [2.24, 2.45) is 11.8 Å². The van der Waals surface area contributed by atoms with Crippen LogP contribution in [0, 0.1) is 11.8 Å². The van der Waals surface area contributed by atoms with Gasteiger partial charge in [-0.3, -0.25) is 4.79 Å². The number of benzene rings is 1. The number of rotatable bonds is 10. The molecule has 1 aromatic rings. The molecule has 1 aliphatic carbocycles. The van der Waals surface area contributed by atoms with Gasteiger partial charge in [-0.25, -0.2) is 0 Å². The highest BCUT2D eigenvalue weighted by Gasteiger charge is 2.61. The Morgan fingerprint density at radius 1 is 1.21 bits per heavy atom. The third kappa shape index (κ3) is 5.15. The summed E-state index contributed by atoms with van der Waals surface area (Å²) in [7, 11) is -2.09. The molecule has 4 rings (SSSR count). The predicted molar refractivity (Wildman–Crippen MR) is 120 cm³/mol. The lowest BCUT2D eigenvalue weighted by molar-refractivity contribution is -0.142. The number of alkyl halides is 3. The van der Waals surface area contributed by atoms with E-state index in [9.17, 15) is 23.1 Å². The highest BCUT2D eigenvalue weighted by atomic mass is 28.4. The third-order valence-electron chi connectivity index (χ3n) is 7.79. The molecule has 0 aromatic heterocycles. The van der Waals surface area contributed by atoms with Gasteiger partial charge in [0.15, 0.2) is 8.32 Å². The smallest absolute Gasteiger partial charge is 0.416 e. The van der Waals surface area contributed by atoms with Crippen molar-refractivity contribution in [3.05, 3.63) is 29.8 Å². The number of hydrogen-bond acceptors (Lipinski definition) is 6. The number of epoxide rings is 1. The van der Waals surface area contributed by atoms with Crippen molar-refractivity contribution in [1.82, 2.24) is 0 Å². The van der Waals surface area contributed by atoms with E-state index in [1.165, 1.54) is 12.1 Å². The van der Waals surface area contributed by atoms with Crippen molar-refractivity contribution in [1.29, 1.82) is 0 Å². The Kier molecular flexibility index (Phi) is 7.34. The van der Waals surface area contributed by atoms with Gasteiger partial charge in [-0.2, -0.15) is 13.2 Å². The number of aliphatic hydroxyl groups excluding tert-OH is 1. The largest absolute Gasteiger partial charge is 0.491 e. The zero-order valence-electron chi connectivity index (χ0n) is 19.7. The van der Waals surface area contributed by atoms with Crippen molar-refractivity contribution in [3.63, 3.8) is 0 Å². The quantitative estimate of drug-likeness (QED) is 0.287. The van der Waals surface area contributed by atoms with Crippen LogP contribution in [0.4, 0.5) is 13.2 Å². The number of hydrogen-bond donors (Lipinski definition) is 1. The van der Waals surface area contributed by atoms with Crippen molar-refractivity contribution in [3.8, 4) is 5.75 Å². The molecule has 1 N–H and O–H groups in total. The summed E-state index contributed by atoms with van der Waals surface area (Å²) >= 11 is 0. The highest BCUT2D eigenvalue weighted by molar-refractivity contribution is 6.73. The molecule has 0 bridgehead atoms. The summed E-state index contributed by atoms with van der Waals surface area (Å²) in [4.78, 5) is 11.8. The van der Waals surface area contributed by atoms with E-state index in [4.69, 9.17) is 18.6 Å². The van der Waals surface area contributed by atoms with Gasteiger partial charge in [0, 0.05) is 18.3 Å². The normalized spacial score (nSPS) is 31.8. The second-order valence-electron chi connectivity index (χ2n) is 9.58. The summed E-state index contributed by atoms with van der Waals surface area (Å²) in [5, 5.41) is 10.6. The highest BCUT2D eigenvalue weighted by Crippen LogP contribution is 2.50. The van der Waals surface area contributed by atoms with Crippen LogP contribution in [0.25, 0.3) is 0 Å². The van der Waals surface area contributed by atoms with Gasteiger partial charge in [-0.1, -0.05) is 26.8 Å². The average Bonchev–Trinajstić information content (AvgIpc) is 3.41. The molecule has 0 radical (unpaired) electrons. The van der Waals surface area contributed by atoms with E-state index in [1.54, 1.807) is 0 Å². The summed E-state index contributed by atoms with van der Waals surface area (Å²) in [6.07, 6.45) is -5.83. The lowest BCUT2D eigenvalue weighted by atomic mass is 9.87. The minimum atomic E-state index is -4.45. The van der Waals surface area contributed by atoms with E-state index in [0.717, 1.165) is 30.3 Å². The van der Waals surface area contributed by atoms with E-state index >= 15 is 0 Å². The summed E-state index contributed by atoms with van der Waals surface area (Å²) in [5.74, 6) is -0.456. The lowest BCUT2D eigenvalue weighted by Gasteiger charge is -2.33. The van der Waals surface area contributed by atoms with E-state index in [1.807, 2.05) is 0 Å². The van der Waals surface area contributed by atoms with Gasteiger partial charge in [-0.15, -0.1) is 0 Å². The molecule has 2 saturated heterocycles. The first-order valence-corrected chi connectivity index (χ1v) is 14.6. The van der Waals surface area contributed by atoms with Crippen molar-refractivity contribution < 1.29 is 41.7 Å². The monoisotopic (exact) mass is 502 g/mol. The van der Waals surface area contributed by atoms with Crippen LogP contribution in [0.5, 0.6) is 5.75 Å². The van der Waals surface area contributed by atoms with E-state index in [2.05, 4.69) is 20.8 Å². The number of ether oxygens (including phenoxy) is 3. The molecule has 1 unspecified atom stereocenters. The van der Waals surface area contributed by atoms with Crippen molar-refractivity contribution in [2.45, 2.75) is 88.4 Å².